The summed E-state index contributed by atoms with van der Waals surface area (Å²) in [6.07, 6.45) is -1.22. The van der Waals surface area contributed by atoms with Crippen molar-refractivity contribution < 1.29 is 19.4 Å². The first-order valence-corrected chi connectivity index (χ1v) is 5.21. The van der Waals surface area contributed by atoms with Crippen LogP contribution in [0.25, 0.3) is 0 Å². The molecule has 0 amide bonds. The lowest BCUT2D eigenvalue weighted by Gasteiger charge is -2.17. The number of pyridine rings is 1. The molecule has 0 aliphatic heterocycles. The number of aliphatic hydroxyl groups is 1. The fourth-order valence-electron chi connectivity index (χ4n) is 1.26. The normalized spacial score (nSPS) is 13.9. The van der Waals surface area contributed by atoms with E-state index in [2.05, 4.69) is 4.98 Å². The van der Waals surface area contributed by atoms with Gasteiger partial charge in [-0.2, -0.15) is 0 Å². The van der Waals surface area contributed by atoms with E-state index in [1.807, 2.05) is 0 Å². The van der Waals surface area contributed by atoms with E-state index in [1.54, 1.807) is 25.1 Å². The van der Waals surface area contributed by atoms with Crippen LogP contribution in [0.4, 0.5) is 0 Å². The van der Waals surface area contributed by atoms with Crippen molar-refractivity contribution in [1.29, 1.82) is 0 Å². The van der Waals surface area contributed by atoms with Crippen molar-refractivity contribution >= 4 is 5.97 Å². The number of hydrogen-bond acceptors (Lipinski definition) is 6. The van der Waals surface area contributed by atoms with E-state index < -0.39 is 18.1 Å². The summed E-state index contributed by atoms with van der Waals surface area (Å²) in [5.41, 5.74) is 5.83. The highest BCUT2D eigenvalue weighted by molar-refractivity contribution is 5.76. The molecule has 0 aliphatic rings. The summed E-state index contributed by atoms with van der Waals surface area (Å²) in [5.74, 6) is -0.317. The van der Waals surface area contributed by atoms with Gasteiger partial charge in [0, 0.05) is 6.07 Å². The summed E-state index contributed by atoms with van der Waals surface area (Å²) >= 11 is 0. The predicted octanol–water partition coefficient (Wildman–Crippen LogP) is 0.0140. The van der Waals surface area contributed by atoms with Crippen molar-refractivity contribution in [3.05, 3.63) is 23.9 Å². The molecule has 1 aromatic heterocycles. The summed E-state index contributed by atoms with van der Waals surface area (Å²) in [7, 11) is 1.46. The molecule has 17 heavy (non-hydrogen) atoms. The third-order valence-electron chi connectivity index (χ3n) is 2.16. The molecule has 1 heterocycles. The Morgan fingerprint density at radius 2 is 2.29 bits per heavy atom. The zero-order chi connectivity index (χ0) is 12.8. The number of carbonyl (C=O) groups is 1. The van der Waals surface area contributed by atoms with E-state index in [0.29, 0.717) is 5.88 Å². The van der Waals surface area contributed by atoms with Gasteiger partial charge in [-0.25, -0.2) is 4.98 Å². The second-order valence-corrected chi connectivity index (χ2v) is 3.33. The number of methoxy groups -OCH3 is 1. The quantitative estimate of drug-likeness (QED) is 0.704. The zero-order valence-corrected chi connectivity index (χ0v) is 9.79. The monoisotopic (exact) mass is 240 g/mol. The summed E-state index contributed by atoms with van der Waals surface area (Å²) in [6, 6.07) is 3.69. The third-order valence-corrected chi connectivity index (χ3v) is 2.16. The van der Waals surface area contributed by atoms with Gasteiger partial charge in [0.1, 0.15) is 12.1 Å². The fraction of sp³-hybridized carbons (Fsp3) is 0.455. The van der Waals surface area contributed by atoms with E-state index in [-0.39, 0.29) is 12.3 Å². The molecule has 0 unspecified atom stereocenters. The number of esters is 1. The highest BCUT2D eigenvalue weighted by Crippen LogP contribution is 2.17. The summed E-state index contributed by atoms with van der Waals surface area (Å²) < 4.78 is 9.63. The molecule has 0 fully saturated rings. The Bertz CT molecular complexity index is 383. The van der Waals surface area contributed by atoms with Crippen LogP contribution in [0.15, 0.2) is 18.2 Å². The molecule has 0 spiro atoms. The van der Waals surface area contributed by atoms with Crippen LogP contribution in [-0.2, 0) is 9.53 Å². The van der Waals surface area contributed by atoms with Gasteiger partial charge < -0.3 is 20.3 Å². The van der Waals surface area contributed by atoms with E-state index >= 15 is 0 Å². The Hall–Kier alpha value is -1.66. The number of ether oxygens (including phenoxy) is 2. The van der Waals surface area contributed by atoms with E-state index in [0.717, 1.165) is 0 Å². The third kappa shape index (κ3) is 3.40. The topological polar surface area (TPSA) is 94.7 Å². The van der Waals surface area contributed by atoms with Crippen LogP contribution >= 0.6 is 0 Å². The number of aliphatic hydroxyl groups excluding tert-OH is 1. The van der Waals surface area contributed by atoms with Gasteiger partial charge in [0.2, 0.25) is 5.88 Å². The van der Waals surface area contributed by atoms with Crippen LogP contribution in [0.2, 0.25) is 0 Å². The SMILES string of the molecule is CCOC(=O)[C@H](N)[C@H](O)c1cccc(OC)n1. The number of aromatic nitrogens is 1. The van der Waals surface area contributed by atoms with Gasteiger partial charge in [-0.1, -0.05) is 6.07 Å². The Balaban J connectivity index is 2.80. The molecule has 2 atom stereocenters. The van der Waals surface area contributed by atoms with Crippen molar-refractivity contribution in [2.75, 3.05) is 13.7 Å². The van der Waals surface area contributed by atoms with E-state index in [4.69, 9.17) is 15.2 Å². The van der Waals surface area contributed by atoms with Crippen LogP contribution < -0.4 is 10.5 Å². The van der Waals surface area contributed by atoms with E-state index in [1.165, 1.54) is 7.11 Å². The molecule has 0 bridgehead atoms. The van der Waals surface area contributed by atoms with Crippen molar-refractivity contribution in [2.45, 2.75) is 19.1 Å². The lowest BCUT2D eigenvalue weighted by molar-refractivity contribution is -0.147. The average Bonchev–Trinajstić information content (AvgIpc) is 2.37. The van der Waals surface area contributed by atoms with Gasteiger partial charge in [-0.3, -0.25) is 4.79 Å². The Labute approximate surface area is 99.4 Å². The highest BCUT2D eigenvalue weighted by Gasteiger charge is 2.26. The van der Waals surface area contributed by atoms with Crippen LogP contribution in [-0.4, -0.2) is 35.8 Å². The minimum atomic E-state index is -1.22. The van der Waals surface area contributed by atoms with Crippen molar-refractivity contribution in [1.82, 2.24) is 4.98 Å². The molecule has 1 rings (SSSR count). The van der Waals surface area contributed by atoms with Crippen molar-refractivity contribution in [2.24, 2.45) is 5.73 Å². The first-order chi connectivity index (χ1) is 8.10. The molecule has 0 radical (unpaired) electrons. The minimum absolute atomic E-state index is 0.213. The molecule has 0 saturated heterocycles. The standard InChI is InChI=1S/C11H16N2O4/c1-3-17-11(15)9(12)10(14)7-5-4-6-8(13-7)16-2/h4-6,9-10,14H,3,12H2,1-2H3/t9-,10-/m1/s1. The second kappa shape index (κ2) is 6.17. The van der Waals surface area contributed by atoms with Gasteiger partial charge >= 0.3 is 5.97 Å². The van der Waals surface area contributed by atoms with Crippen LogP contribution in [0, 0.1) is 0 Å². The molecule has 0 aliphatic carbocycles. The Kier molecular flexibility index (Phi) is 4.86. The first-order valence-electron chi connectivity index (χ1n) is 5.21. The maximum atomic E-state index is 11.3. The van der Waals surface area contributed by atoms with Gasteiger partial charge in [0.05, 0.1) is 19.4 Å². The maximum Gasteiger partial charge on any atom is 0.326 e. The van der Waals surface area contributed by atoms with Crippen molar-refractivity contribution in [3.63, 3.8) is 0 Å². The molecule has 0 saturated carbocycles. The molecular weight excluding hydrogens is 224 g/mol. The molecule has 6 heteroatoms. The Morgan fingerprint density at radius 1 is 1.59 bits per heavy atom. The summed E-state index contributed by atoms with van der Waals surface area (Å²) in [5, 5.41) is 9.86. The number of hydrogen-bond donors (Lipinski definition) is 2. The largest absolute Gasteiger partial charge is 0.481 e. The lowest BCUT2D eigenvalue weighted by atomic mass is 10.1. The molecule has 94 valence electrons. The van der Waals surface area contributed by atoms with Crippen LogP contribution in [0.3, 0.4) is 0 Å². The van der Waals surface area contributed by atoms with Gasteiger partial charge in [0.25, 0.3) is 0 Å². The number of carbonyl (C=O) groups excluding carboxylic acids is 1. The molecule has 3 N–H and O–H groups in total. The zero-order valence-electron chi connectivity index (χ0n) is 9.79. The second-order valence-electron chi connectivity index (χ2n) is 3.33. The minimum Gasteiger partial charge on any atom is -0.481 e. The average molecular weight is 240 g/mol. The first kappa shape index (κ1) is 13.4. The smallest absolute Gasteiger partial charge is 0.326 e. The molecule has 1 aromatic rings. The number of nitrogens with two attached hydrogens (primary N) is 1. The van der Waals surface area contributed by atoms with E-state index in [9.17, 15) is 9.90 Å². The van der Waals surface area contributed by atoms with Gasteiger partial charge in [0.15, 0.2) is 0 Å². The van der Waals surface area contributed by atoms with Gasteiger partial charge in [-0.15, -0.1) is 0 Å². The maximum absolute atomic E-state index is 11.3. The summed E-state index contributed by atoms with van der Waals surface area (Å²) in [6.45, 7) is 1.88. The summed E-state index contributed by atoms with van der Waals surface area (Å²) in [4.78, 5) is 15.3. The molecule has 6 nitrogen and oxygen atoms in total. The number of rotatable bonds is 5. The Morgan fingerprint density at radius 3 is 2.88 bits per heavy atom. The van der Waals surface area contributed by atoms with Crippen molar-refractivity contribution in [3.8, 4) is 5.88 Å². The number of nitrogens with zero attached hydrogens (tertiary/aromatic N) is 1. The van der Waals surface area contributed by atoms with Crippen LogP contribution in [0.5, 0.6) is 5.88 Å². The predicted molar refractivity (Wildman–Crippen MR) is 60.4 cm³/mol. The molecular formula is C11H16N2O4. The van der Waals surface area contributed by atoms with Crippen LogP contribution in [0.1, 0.15) is 18.7 Å². The molecule has 0 aromatic carbocycles. The fourth-order valence-corrected chi connectivity index (χ4v) is 1.26. The lowest BCUT2D eigenvalue weighted by Crippen LogP contribution is -2.38. The highest BCUT2D eigenvalue weighted by atomic mass is 16.5. The van der Waals surface area contributed by atoms with Gasteiger partial charge in [-0.05, 0) is 13.0 Å².